The van der Waals surface area contributed by atoms with Crippen LogP contribution >= 0.6 is 0 Å². The first-order valence-electron chi connectivity index (χ1n) is 6.88. The zero-order valence-electron chi connectivity index (χ0n) is 12.4. The predicted molar refractivity (Wildman–Crippen MR) is 79.8 cm³/mol. The lowest BCUT2D eigenvalue weighted by Gasteiger charge is -2.16. The molecule has 6 heteroatoms. The fraction of sp³-hybridized carbons (Fsp3) is 0.176. The zero-order valence-corrected chi connectivity index (χ0v) is 12.4. The quantitative estimate of drug-likeness (QED) is 0.862. The highest BCUT2D eigenvalue weighted by molar-refractivity contribution is 5.96. The third-order valence-corrected chi connectivity index (χ3v) is 3.20. The van der Waals surface area contributed by atoms with Crippen LogP contribution in [0.5, 0.6) is 0 Å². The van der Waals surface area contributed by atoms with Crippen molar-refractivity contribution in [3.63, 3.8) is 0 Å². The molecule has 2 rings (SSSR count). The second kappa shape index (κ2) is 7.49. The van der Waals surface area contributed by atoms with Crippen LogP contribution in [-0.4, -0.2) is 25.0 Å². The number of methoxy groups -OCH3 is 1. The largest absolute Gasteiger partial charge is 0.467 e. The van der Waals surface area contributed by atoms with Crippen molar-refractivity contribution >= 4 is 11.9 Å². The Morgan fingerprint density at radius 3 is 2.26 bits per heavy atom. The number of benzene rings is 2. The third kappa shape index (κ3) is 4.60. The maximum absolute atomic E-state index is 13.2. The van der Waals surface area contributed by atoms with Crippen LogP contribution < -0.4 is 5.32 Å². The molecule has 0 saturated heterocycles. The molecular formula is C17H15F2NO3. The van der Waals surface area contributed by atoms with Crippen LogP contribution in [0.15, 0.2) is 48.5 Å². The topological polar surface area (TPSA) is 55.4 Å². The summed E-state index contributed by atoms with van der Waals surface area (Å²) in [6, 6.07) is 10.5. The molecule has 1 unspecified atom stereocenters. The van der Waals surface area contributed by atoms with Crippen LogP contribution in [0.4, 0.5) is 8.78 Å². The summed E-state index contributed by atoms with van der Waals surface area (Å²) in [5, 5.41) is 2.44. The summed E-state index contributed by atoms with van der Waals surface area (Å²) in [4.78, 5) is 23.9. The monoisotopic (exact) mass is 319 g/mol. The summed E-state index contributed by atoms with van der Waals surface area (Å²) >= 11 is 0. The highest BCUT2D eigenvalue weighted by Crippen LogP contribution is 2.10. The summed E-state index contributed by atoms with van der Waals surface area (Å²) < 4.78 is 31.0. The van der Waals surface area contributed by atoms with Gasteiger partial charge in [-0.3, -0.25) is 4.79 Å². The van der Waals surface area contributed by atoms with Crippen LogP contribution in [0.2, 0.25) is 0 Å². The minimum absolute atomic E-state index is 0.204. The van der Waals surface area contributed by atoms with Gasteiger partial charge in [0, 0.05) is 18.1 Å². The number of carbonyl (C=O) groups is 2. The van der Waals surface area contributed by atoms with E-state index in [-0.39, 0.29) is 12.0 Å². The van der Waals surface area contributed by atoms with E-state index in [1.807, 2.05) is 6.07 Å². The third-order valence-electron chi connectivity index (χ3n) is 3.20. The lowest BCUT2D eigenvalue weighted by atomic mass is 10.1. The molecule has 0 radical (unpaired) electrons. The minimum Gasteiger partial charge on any atom is -0.467 e. The Morgan fingerprint density at radius 1 is 1.09 bits per heavy atom. The second-order valence-corrected chi connectivity index (χ2v) is 4.90. The van der Waals surface area contributed by atoms with Gasteiger partial charge in [-0.05, 0) is 17.7 Å². The van der Waals surface area contributed by atoms with Crippen LogP contribution in [0.1, 0.15) is 15.9 Å². The molecule has 120 valence electrons. The van der Waals surface area contributed by atoms with Crippen molar-refractivity contribution < 1.29 is 23.1 Å². The average molecular weight is 319 g/mol. The number of amides is 1. The van der Waals surface area contributed by atoms with Gasteiger partial charge in [-0.25, -0.2) is 13.6 Å². The SMILES string of the molecule is COC(=O)C(Cc1ccccc1)NC(=O)c1cc(F)cc(F)c1. The fourth-order valence-electron chi connectivity index (χ4n) is 2.11. The number of esters is 1. The Morgan fingerprint density at radius 2 is 1.70 bits per heavy atom. The molecule has 2 aromatic rings. The van der Waals surface area contributed by atoms with Crippen molar-refractivity contribution in [3.05, 3.63) is 71.3 Å². The summed E-state index contributed by atoms with van der Waals surface area (Å²) in [6.07, 6.45) is 0.205. The Hall–Kier alpha value is -2.76. The van der Waals surface area contributed by atoms with Crippen molar-refractivity contribution in [2.75, 3.05) is 7.11 Å². The van der Waals surface area contributed by atoms with Crippen molar-refractivity contribution in [1.82, 2.24) is 5.32 Å². The van der Waals surface area contributed by atoms with Gasteiger partial charge < -0.3 is 10.1 Å². The van der Waals surface area contributed by atoms with Gasteiger partial charge in [0.2, 0.25) is 0 Å². The number of hydrogen-bond donors (Lipinski definition) is 1. The molecule has 0 fully saturated rings. The molecule has 0 aliphatic rings. The summed E-state index contributed by atoms with van der Waals surface area (Å²) in [6.45, 7) is 0. The molecule has 0 aliphatic carbocycles. The van der Waals surface area contributed by atoms with Crippen LogP contribution in [0, 0.1) is 11.6 Å². The van der Waals surface area contributed by atoms with E-state index in [9.17, 15) is 18.4 Å². The van der Waals surface area contributed by atoms with Crippen molar-refractivity contribution in [2.24, 2.45) is 0 Å². The van der Waals surface area contributed by atoms with E-state index < -0.39 is 29.6 Å². The van der Waals surface area contributed by atoms with Crippen molar-refractivity contribution in [3.8, 4) is 0 Å². The van der Waals surface area contributed by atoms with Gasteiger partial charge >= 0.3 is 5.97 Å². The van der Waals surface area contributed by atoms with E-state index in [1.165, 1.54) is 7.11 Å². The molecule has 0 aromatic heterocycles. The van der Waals surface area contributed by atoms with E-state index in [0.29, 0.717) is 6.07 Å². The lowest BCUT2D eigenvalue weighted by molar-refractivity contribution is -0.142. The molecule has 2 aromatic carbocycles. The molecule has 1 N–H and O–H groups in total. The molecule has 0 spiro atoms. The Labute approximate surface area is 132 Å². The normalized spacial score (nSPS) is 11.6. The highest BCUT2D eigenvalue weighted by Gasteiger charge is 2.23. The van der Waals surface area contributed by atoms with Gasteiger partial charge in [0.15, 0.2) is 0 Å². The molecular weight excluding hydrogens is 304 g/mol. The minimum atomic E-state index is -0.957. The standard InChI is InChI=1S/C17H15F2NO3/c1-23-17(22)15(7-11-5-3-2-4-6-11)20-16(21)12-8-13(18)10-14(19)9-12/h2-6,8-10,15H,7H2,1H3,(H,20,21). The Bertz CT molecular complexity index is 684. The maximum atomic E-state index is 13.2. The number of ether oxygens (including phenoxy) is 1. The van der Waals surface area contributed by atoms with E-state index in [1.54, 1.807) is 24.3 Å². The first kappa shape index (κ1) is 16.6. The van der Waals surface area contributed by atoms with E-state index in [4.69, 9.17) is 0 Å². The van der Waals surface area contributed by atoms with Crippen molar-refractivity contribution in [2.45, 2.75) is 12.5 Å². The van der Waals surface area contributed by atoms with Gasteiger partial charge in [0.1, 0.15) is 17.7 Å². The molecule has 0 saturated carbocycles. The maximum Gasteiger partial charge on any atom is 0.328 e. The van der Waals surface area contributed by atoms with Gasteiger partial charge in [0.05, 0.1) is 7.11 Å². The number of nitrogens with one attached hydrogen (secondary N) is 1. The molecule has 23 heavy (non-hydrogen) atoms. The van der Waals surface area contributed by atoms with E-state index in [2.05, 4.69) is 10.1 Å². The van der Waals surface area contributed by atoms with Gasteiger partial charge in [0.25, 0.3) is 5.91 Å². The smallest absolute Gasteiger partial charge is 0.328 e. The van der Waals surface area contributed by atoms with E-state index in [0.717, 1.165) is 17.7 Å². The summed E-state index contributed by atoms with van der Waals surface area (Å²) in [5.74, 6) is -3.13. The predicted octanol–water partition coefficient (Wildman–Crippen LogP) is 2.48. The first-order chi connectivity index (χ1) is 11.0. The van der Waals surface area contributed by atoms with Gasteiger partial charge in [-0.2, -0.15) is 0 Å². The number of rotatable bonds is 5. The van der Waals surface area contributed by atoms with Gasteiger partial charge in [-0.1, -0.05) is 30.3 Å². The number of hydrogen-bond acceptors (Lipinski definition) is 3. The second-order valence-electron chi connectivity index (χ2n) is 4.90. The van der Waals surface area contributed by atoms with E-state index >= 15 is 0 Å². The number of carbonyl (C=O) groups excluding carboxylic acids is 2. The summed E-state index contributed by atoms with van der Waals surface area (Å²) in [7, 11) is 1.20. The molecule has 1 amide bonds. The first-order valence-corrected chi connectivity index (χ1v) is 6.88. The van der Waals surface area contributed by atoms with Crippen LogP contribution in [0.25, 0.3) is 0 Å². The zero-order chi connectivity index (χ0) is 16.8. The molecule has 4 nitrogen and oxygen atoms in total. The van der Waals surface area contributed by atoms with Crippen molar-refractivity contribution in [1.29, 1.82) is 0 Å². The highest BCUT2D eigenvalue weighted by atomic mass is 19.1. The molecule has 0 heterocycles. The average Bonchev–Trinajstić information content (AvgIpc) is 2.53. The molecule has 0 aliphatic heterocycles. The lowest BCUT2D eigenvalue weighted by Crippen LogP contribution is -2.43. The number of halogens is 2. The fourth-order valence-corrected chi connectivity index (χ4v) is 2.11. The Balaban J connectivity index is 2.17. The summed E-state index contributed by atoms with van der Waals surface area (Å²) in [5.41, 5.74) is 0.609. The van der Waals surface area contributed by atoms with Crippen LogP contribution in [0.3, 0.4) is 0 Å². The van der Waals surface area contributed by atoms with Crippen LogP contribution in [-0.2, 0) is 16.0 Å². The molecule has 1 atom stereocenters. The van der Waals surface area contributed by atoms with Gasteiger partial charge in [-0.15, -0.1) is 0 Å². The Kier molecular flexibility index (Phi) is 5.41. The molecule has 0 bridgehead atoms.